The van der Waals surface area contributed by atoms with Gasteiger partial charge in [-0.3, -0.25) is 13.2 Å². The third-order valence-corrected chi connectivity index (χ3v) is 4.96. The molecular formula is C6H25N4O9P3. The zero-order valence-corrected chi connectivity index (χ0v) is 15.9. The molecule has 138 valence electrons. The zero-order valence-electron chi connectivity index (χ0n) is 13.2. The van der Waals surface area contributed by atoms with Gasteiger partial charge in [0, 0.05) is 0 Å². The van der Waals surface area contributed by atoms with E-state index >= 15 is 0 Å². The van der Waals surface area contributed by atoms with Gasteiger partial charge in [-0.15, -0.1) is 0 Å². The lowest BCUT2D eigenvalue weighted by Crippen LogP contribution is -2.19. The summed E-state index contributed by atoms with van der Waals surface area (Å²) in [7, 11) is -16.7. The summed E-state index contributed by atoms with van der Waals surface area (Å²) in [6, 6.07) is 0. The lowest BCUT2D eigenvalue weighted by Gasteiger charge is -2.37. The highest BCUT2D eigenvalue weighted by Gasteiger charge is 2.18. The van der Waals surface area contributed by atoms with Crippen LogP contribution in [-0.2, 0) is 22.3 Å². The summed E-state index contributed by atoms with van der Waals surface area (Å²) in [5.41, 5.74) is 0.719. The van der Waals surface area contributed by atoms with E-state index in [4.69, 9.17) is 0 Å². The molecule has 16 heteroatoms. The summed E-state index contributed by atoms with van der Waals surface area (Å²) in [6.45, 7) is 3.29. The highest BCUT2D eigenvalue weighted by Crippen LogP contribution is 2.60. The Morgan fingerprint density at radius 1 is 0.864 bits per heavy atom. The third kappa shape index (κ3) is 19.8. The normalized spacial score (nSPS) is 15.7. The van der Waals surface area contributed by atoms with Crippen LogP contribution in [0.4, 0.5) is 0 Å². The van der Waals surface area contributed by atoms with Crippen LogP contribution in [0.1, 0.15) is 13.8 Å². The van der Waals surface area contributed by atoms with E-state index in [9.17, 15) is 33.3 Å². The molecule has 0 aromatic rings. The largest absolute Gasteiger partial charge is 0.790 e. The van der Waals surface area contributed by atoms with Gasteiger partial charge in [-0.1, -0.05) is 17.7 Å². The molecule has 0 rings (SSSR count). The number of rotatable bonds is 6. The fourth-order valence-corrected chi connectivity index (χ4v) is 3.64. The van der Waals surface area contributed by atoms with E-state index in [1.807, 2.05) is 0 Å². The standard InChI is InChI=1S/C6H13O9P3.4H3N/c1-6(2)4-3-5-16(7,8)14-18(12,13)15-17(9,10)11;;;;/h3-5H,1-2H3,(H,7,8)(H,12,13)(H2,9,10,11);4*1H3/b5-3+;;;;. The minimum atomic E-state index is -5.91. The number of hydrogen-bond acceptors (Lipinski definition) is 9. The van der Waals surface area contributed by atoms with Crippen molar-refractivity contribution in [3.8, 4) is 0 Å². The molecule has 0 aliphatic heterocycles. The highest BCUT2D eigenvalue weighted by atomic mass is 31.3. The summed E-state index contributed by atoms with van der Waals surface area (Å²) in [6.07, 6.45) is 2.30. The predicted molar refractivity (Wildman–Crippen MR) is 77.5 cm³/mol. The third-order valence-electron chi connectivity index (χ3n) is 1.11. The molecule has 22 heavy (non-hydrogen) atoms. The first-order valence-corrected chi connectivity index (χ1v) is 8.75. The van der Waals surface area contributed by atoms with Crippen LogP contribution in [0.15, 0.2) is 23.5 Å². The van der Waals surface area contributed by atoms with Crippen LogP contribution >= 0.6 is 23.2 Å². The van der Waals surface area contributed by atoms with E-state index < -0.39 is 23.2 Å². The Morgan fingerprint density at radius 2 is 1.27 bits per heavy atom. The van der Waals surface area contributed by atoms with Crippen molar-refractivity contribution in [2.45, 2.75) is 13.8 Å². The van der Waals surface area contributed by atoms with E-state index in [2.05, 4.69) is 8.62 Å². The monoisotopic (exact) mass is 390 g/mol. The van der Waals surface area contributed by atoms with Crippen LogP contribution < -0.4 is 44.2 Å². The van der Waals surface area contributed by atoms with Crippen LogP contribution in [-0.4, -0.2) is 0 Å². The van der Waals surface area contributed by atoms with Crippen molar-refractivity contribution < 1.29 is 41.9 Å². The Kier molecular flexibility index (Phi) is 18.6. The molecule has 0 aromatic carbocycles. The maximum Gasteiger partial charge on any atom is 0.276 e. The van der Waals surface area contributed by atoms with Crippen molar-refractivity contribution in [1.29, 1.82) is 0 Å². The molecule has 2 atom stereocenters. The first-order chi connectivity index (χ1) is 7.83. The van der Waals surface area contributed by atoms with Crippen molar-refractivity contribution in [3.05, 3.63) is 23.5 Å². The van der Waals surface area contributed by atoms with Crippen LogP contribution in [0.5, 0.6) is 0 Å². The Bertz CT molecular complexity index is 498. The summed E-state index contributed by atoms with van der Waals surface area (Å²) in [4.78, 5) is 41.8. The number of quaternary nitrogens is 4. The topological polar surface area (TPSA) is 308 Å². The second kappa shape index (κ2) is 12.2. The second-order valence-electron chi connectivity index (χ2n) is 3.18. The number of hydrogen-bond donors (Lipinski definition) is 4. The number of phosphoric acid groups is 2. The summed E-state index contributed by atoms with van der Waals surface area (Å²) in [5, 5.41) is 0. The van der Waals surface area contributed by atoms with Crippen LogP contribution in [0, 0.1) is 0 Å². The van der Waals surface area contributed by atoms with Crippen molar-refractivity contribution in [1.82, 2.24) is 24.6 Å². The molecule has 13 nitrogen and oxygen atoms in total. The van der Waals surface area contributed by atoms with Gasteiger partial charge in [0.05, 0.1) is 7.82 Å². The van der Waals surface area contributed by atoms with Crippen LogP contribution in [0.25, 0.3) is 0 Å². The smallest absolute Gasteiger partial charge is 0.276 e. The molecule has 0 heterocycles. The maximum atomic E-state index is 11.1. The van der Waals surface area contributed by atoms with Gasteiger partial charge < -0.3 is 53.3 Å². The van der Waals surface area contributed by atoms with Gasteiger partial charge in [0.15, 0.2) is 7.60 Å². The van der Waals surface area contributed by atoms with E-state index in [1.54, 1.807) is 13.8 Å². The average molecular weight is 390 g/mol. The van der Waals surface area contributed by atoms with Gasteiger partial charge in [-0.25, -0.2) is 0 Å². The summed E-state index contributed by atoms with van der Waals surface area (Å²) in [5.74, 6) is 0.383. The lowest BCUT2D eigenvalue weighted by atomic mass is 10.3. The lowest BCUT2D eigenvalue weighted by molar-refractivity contribution is -0.339. The molecule has 0 aromatic heterocycles. The molecule has 0 saturated carbocycles. The van der Waals surface area contributed by atoms with Gasteiger partial charge in [0.2, 0.25) is 0 Å². The predicted octanol–water partition coefficient (Wildman–Crippen LogP) is 0.855. The summed E-state index contributed by atoms with van der Waals surface area (Å²) < 4.78 is 38.3. The quantitative estimate of drug-likeness (QED) is 0.368. The summed E-state index contributed by atoms with van der Waals surface area (Å²) >= 11 is 0. The minimum Gasteiger partial charge on any atom is -0.790 e. The Hall–Kier alpha value is -0.230. The molecule has 0 radical (unpaired) electrons. The van der Waals surface area contributed by atoms with E-state index in [0.29, 0.717) is 5.82 Å². The van der Waals surface area contributed by atoms with Gasteiger partial charge >= 0.3 is 0 Å². The second-order valence-corrected chi connectivity index (χ2v) is 7.66. The van der Waals surface area contributed by atoms with E-state index in [0.717, 1.165) is 11.6 Å². The van der Waals surface area contributed by atoms with Gasteiger partial charge in [-0.05, 0) is 19.7 Å². The fourth-order valence-electron chi connectivity index (χ4n) is 0.645. The van der Waals surface area contributed by atoms with Gasteiger partial charge in [0.25, 0.3) is 7.82 Å². The van der Waals surface area contributed by atoms with E-state index in [1.165, 1.54) is 6.08 Å². The highest BCUT2D eigenvalue weighted by molar-refractivity contribution is 7.67. The maximum absolute atomic E-state index is 11.1. The molecule has 0 spiro atoms. The first kappa shape index (κ1) is 33.4. The van der Waals surface area contributed by atoms with Gasteiger partial charge in [-0.2, -0.15) is 0 Å². The SMILES string of the molecule is CC(C)=C/C=C/P(=O)([O-])OP(=O)([O-])OP(=O)([O-])[O-].[NH4+].[NH4+].[NH4+].[NH4+]. The Labute approximate surface area is 128 Å². The van der Waals surface area contributed by atoms with Crippen molar-refractivity contribution in [3.63, 3.8) is 0 Å². The molecule has 0 saturated heterocycles. The molecule has 0 amide bonds. The van der Waals surface area contributed by atoms with Crippen molar-refractivity contribution in [2.75, 3.05) is 0 Å². The van der Waals surface area contributed by atoms with Crippen LogP contribution in [0.3, 0.4) is 0 Å². The molecule has 2 unspecified atom stereocenters. The van der Waals surface area contributed by atoms with Crippen molar-refractivity contribution >= 4 is 23.2 Å². The molecule has 0 aliphatic rings. The Balaban J connectivity index is -0.000000241. The molecule has 16 N–H and O–H groups in total. The first-order valence-electron chi connectivity index (χ1n) is 4.22. The molecule has 0 bridgehead atoms. The average Bonchev–Trinajstić information content (AvgIpc) is 1.93. The minimum absolute atomic E-state index is 0. The Morgan fingerprint density at radius 3 is 1.59 bits per heavy atom. The molecular weight excluding hydrogens is 365 g/mol. The molecule has 0 fully saturated rings. The zero-order chi connectivity index (χ0) is 14.6. The van der Waals surface area contributed by atoms with Crippen LogP contribution in [0.2, 0.25) is 0 Å². The number of allylic oxidation sites excluding steroid dienone is 3. The fraction of sp³-hybridized carbons (Fsp3) is 0.333. The van der Waals surface area contributed by atoms with Crippen molar-refractivity contribution in [2.24, 2.45) is 0 Å². The van der Waals surface area contributed by atoms with E-state index in [-0.39, 0.29) is 24.6 Å². The molecule has 0 aliphatic carbocycles. The van der Waals surface area contributed by atoms with Gasteiger partial charge in [0.1, 0.15) is 0 Å².